The molecule has 0 aromatic rings. The number of carbonyl (C=O) groups is 2. The van der Waals surface area contributed by atoms with Gasteiger partial charge >= 0.3 is 11.9 Å². The van der Waals surface area contributed by atoms with Crippen LogP contribution in [0.1, 0.15) is 33.1 Å². The van der Waals surface area contributed by atoms with Crippen molar-refractivity contribution in [2.24, 2.45) is 16.7 Å². The number of aliphatic hydroxyl groups excluding tert-OH is 2. The molecule has 0 unspecified atom stereocenters. The zero-order chi connectivity index (χ0) is 14.8. The maximum Gasteiger partial charge on any atom is 0.307 e. The highest BCUT2D eigenvalue weighted by Crippen LogP contribution is 2.67. The second kappa shape index (κ2) is 3.95. The van der Waals surface area contributed by atoms with Crippen LogP contribution in [0, 0.1) is 16.7 Å². The van der Waals surface area contributed by atoms with E-state index in [9.17, 15) is 19.8 Å². The first kappa shape index (κ1) is 13.8. The van der Waals surface area contributed by atoms with E-state index in [1.165, 1.54) is 0 Å². The topological polar surface area (TPSA) is 93.1 Å². The van der Waals surface area contributed by atoms with Crippen molar-refractivity contribution in [1.29, 1.82) is 0 Å². The van der Waals surface area contributed by atoms with Gasteiger partial charge in [0.15, 0.2) is 0 Å². The fourth-order valence-electron chi connectivity index (χ4n) is 4.52. The van der Waals surface area contributed by atoms with Crippen LogP contribution in [0.25, 0.3) is 0 Å². The summed E-state index contributed by atoms with van der Waals surface area (Å²) in [4.78, 5) is 23.9. The fraction of sp³-hybridized carbons (Fsp3) is 0.857. The molecule has 2 saturated heterocycles. The molecule has 3 aliphatic rings. The van der Waals surface area contributed by atoms with Gasteiger partial charge < -0.3 is 19.7 Å². The van der Waals surface area contributed by atoms with Gasteiger partial charge in [0.2, 0.25) is 0 Å². The molecule has 3 fully saturated rings. The van der Waals surface area contributed by atoms with Crippen LogP contribution in [-0.4, -0.2) is 47.1 Å². The summed E-state index contributed by atoms with van der Waals surface area (Å²) in [5, 5.41) is 20.1. The lowest BCUT2D eigenvalue weighted by molar-refractivity contribution is -0.181. The van der Waals surface area contributed by atoms with E-state index in [1.54, 1.807) is 6.92 Å². The zero-order valence-electron chi connectivity index (χ0n) is 11.7. The third kappa shape index (κ3) is 1.36. The van der Waals surface area contributed by atoms with Gasteiger partial charge in [0, 0.05) is 11.8 Å². The summed E-state index contributed by atoms with van der Waals surface area (Å²) >= 11 is 0. The van der Waals surface area contributed by atoms with Gasteiger partial charge in [-0.05, 0) is 5.92 Å². The number of carbonyl (C=O) groups excluding carboxylic acids is 2. The van der Waals surface area contributed by atoms with Crippen LogP contribution in [0.3, 0.4) is 0 Å². The summed E-state index contributed by atoms with van der Waals surface area (Å²) < 4.78 is 10.9. The van der Waals surface area contributed by atoms with Crippen molar-refractivity contribution in [2.45, 2.75) is 44.8 Å². The lowest BCUT2D eigenvalue weighted by atomic mass is 9.58. The van der Waals surface area contributed by atoms with Gasteiger partial charge in [-0.1, -0.05) is 13.8 Å². The van der Waals surface area contributed by atoms with Gasteiger partial charge in [0.05, 0.1) is 31.0 Å². The Bertz CT molecular complexity index is 476. The van der Waals surface area contributed by atoms with Crippen molar-refractivity contribution in [1.82, 2.24) is 0 Å². The number of hydrogen-bond acceptors (Lipinski definition) is 6. The maximum atomic E-state index is 12.0. The first-order valence-corrected chi connectivity index (χ1v) is 6.97. The molecule has 112 valence electrons. The molecular weight excluding hydrogens is 264 g/mol. The molecule has 2 heterocycles. The van der Waals surface area contributed by atoms with Crippen LogP contribution >= 0.6 is 0 Å². The highest BCUT2D eigenvalue weighted by molar-refractivity contribution is 5.79. The van der Waals surface area contributed by atoms with E-state index in [0.29, 0.717) is 0 Å². The van der Waals surface area contributed by atoms with Gasteiger partial charge in [-0.15, -0.1) is 0 Å². The van der Waals surface area contributed by atoms with Gasteiger partial charge in [-0.25, -0.2) is 0 Å². The highest BCUT2D eigenvalue weighted by Gasteiger charge is 2.76. The van der Waals surface area contributed by atoms with E-state index in [2.05, 4.69) is 0 Å². The van der Waals surface area contributed by atoms with Crippen LogP contribution < -0.4 is 0 Å². The third-order valence-corrected chi connectivity index (χ3v) is 5.83. The van der Waals surface area contributed by atoms with E-state index < -0.39 is 28.5 Å². The Morgan fingerprint density at radius 3 is 2.60 bits per heavy atom. The van der Waals surface area contributed by atoms with E-state index in [1.807, 2.05) is 6.92 Å². The van der Waals surface area contributed by atoms with Crippen molar-refractivity contribution >= 4 is 11.9 Å². The molecule has 20 heavy (non-hydrogen) atoms. The summed E-state index contributed by atoms with van der Waals surface area (Å²) in [5.74, 6) is -1.02. The minimum atomic E-state index is -1.03. The minimum Gasteiger partial charge on any atom is -0.465 e. The van der Waals surface area contributed by atoms with E-state index in [-0.39, 0.29) is 44.4 Å². The van der Waals surface area contributed by atoms with Crippen molar-refractivity contribution in [2.75, 3.05) is 13.2 Å². The predicted molar refractivity (Wildman–Crippen MR) is 66.4 cm³/mol. The molecular formula is C14H20O6. The summed E-state index contributed by atoms with van der Waals surface area (Å²) in [6.45, 7) is 3.32. The number of rotatable bonds is 1. The Morgan fingerprint density at radius 1 is 1.30 bits per heavy atom. The summed E-state index contributed by atoms with van der Waals surface area (Å²) in [7, 11) is 0. The van der Waals surface area contributed by atoms with Gasteiger partial charge in [0.1, 0.15) is 12.2 Å². The number of ether oxygens (including phenoxy) is 2. The Kier molecular flexibility index (Phi) is 2.73. The standard InChI is InChI=1S/C14H20O6/c1-8-9(16)3-14-12(2,6-15)7-19-10(17)4-13(8,14)5-11(18)20-14/h8-9,15-16H,3-7H2,1-2H3/t8-,9-,12-,13-,14-/m1/s1. The molecule has 0 bridgehead atoms. The smallest absolute Gasteiger partial charge is 0.307 e. The molecule has 3 rings (SSSR count). The average Bonchev–Trinajstić information content (AvgIpc) is 2.74. The minimum absolute atomic E-state index is 0.00317. The monoisotopic (exact) mass is 284 g/mol. The molecule has 0 spiro atoms. The van der Waals surface area contributed by atoms with Crippen molar-refractivity contribution in [3.63, 3.8) is 0 Å². The molecule has 0 radical (unpaired) electrons. The van der Waals surface area contributed by atoms with Crippen LogP contribution in [0.15, 0.2) is 0 Å². The second-order valence-corrected chi connectivity index (χ2v) is 6.75. The molecule has 1 aliphatic carbocycles. The van der Waals surface area contributed by atoms with Crippen LogP contribution in [-0.2, 0) is 19.1 Å². The molecule has 0 aromatic carbocycles. The Labute approximate surface area is 117 Å². The molecule has 5 atom stereocenters. The molecule has 0 aromatic heterocycles. The number of cyclic esters (lactones) is 1. The Balaban J connectivity index is 2.22. The summed E-state index contributed by atoms with van der Waals surface area (Å²) in [5.41, 5.74) is -2.71. The first-order valence-electron chi connectivity index (χ1n) is 6.97. The van der Waals surface area contributed by atoms with Crippen molar-refractivity contribution in [3.05, 3.63) is 0 Å². The van der Waals surface area contributed by atoms with Gasteiger partial charge in [-0.3, -0.25) is 9.59 Å². The Morgan fingerprint density at radius 2 is 1.95 bits per heavy atom. The number of esters is 2. The quantitative estimate of drug-likeness (QED) is 0.659. The molecule has 2 N–H and O–H groups in total. The molecule has 6 nitrogen and oxygen atoms in total. The van der Waals surface area contributed by atoms with E-state index in [4.69, 9.17) is 9.47 Å². The Hall–Kier alpha value is -1.14. The van der Waals surface area contributed by atoms with Gasteiger partial charge in [-0.2, -0.15) is 0 Å². The second-order valence-electron chi connectivity index (χ2n) is 6.75. The highest BCUT2D eigenvalue weighted by atomic mass is 16.6. The third-order valence-electron chi connectivity index (χ3n) is 5.83. The largest absolute Gasteiger partial charge is 0.465 e. The first-order chi connectivity index (χ1) is 9.30. The summed E-state index contributed by atoms with van der Waals surface area (Å²) in [6.07, 6.45) is -0.268. The summed E-state index contributed by atoms with van der Waals surface area (Å²) in [6, 6.07) is 0. The SMILES string of the molecule is C[C@@H]1[C@H](O)C[C@]23OC(=O)C[C@]12CC(=O)OC[C@@]3(C)CO. The van der Waals surface area contributed by atoms with Crippen molar-refractivity contribution in [3.8, 4) is 0 Å². The number of hydrogen-bond donors (Lipinski definition) is 2. The van der Waals surface area contributed by atoms with E-state index >= 15 is 0 Å². The molecule has 2 aliphatic heterocycles. The lowest BCUT2D eigenvalue weighted by Gasteiger charge is -2.47. The normalized spacial score (nSPS) is 51.0. The number of aliphatic hydroxyl groups is 2. The van der Waals surface area contributed by atoms with E-state index in [0.717, 1.165) is 0 Å². The van der Waals surface area contributed by atoms with Crippen LogP contribution in [0.2, 0.25) is 0 Å². The average molecular weight is 284 g/mol. The lowest BCUT2D eigenvalue weighted by Crippen LogP contribution is -2.57. The van der Waals surface area contributed by atoms with Crippen LogP contribution in [0.4, 0.5) is 0 Å². The van der Waals surface area contributed by atoms with Crippen molar-refractivity contribution < 1.29 is 29.3 Å². The van der Waals surface area contributed by atoms with Crippen LogP contribution in [0.5, 0.6) is 0 Å². The zero-order valence-corrected chi connectivity index (χ0v) is 11.7. The molecule has 1 saturated carbocycles. The molecule has 0 amide bonds. The maximum absolute atomic E-state index is 12.0. The molecule has 6 heteroatoms. The van der Waals surface area contributed by atoms with Gasteiger partial charge in [0.25, 0.3) is 0 Å². The fourth-order valence-corrected chi connectivity index (χ4v) is 4.52. The predicted octanol–water partition coefficient (Wildman–Crippen LogP) is 0.00470.